The molecule has 116 valence electrons. The molecule has 3 N–H and O–H groups in total. The zero-order valence-electron chi connectivity index (χ0n) is 11.7. The molecular formula is C14H18F2N2O3. The summed E-state index contributed by atoms with van der Waals surface area (Å²) in [5, 5.41) is 2.42. The third kappa shape index (κ3) is 3.14. The molecule has 1 aromatic rings. The molecule has 0 spiro atoms. The number of methoxy groups -OCH3 is 1. The van der Waals surface area contributed by atoms with Crippen LogP contribution in [0, 0.1) is 17.0 Å². The van der Waals surface area contributed by atoms with Crippen LogP contribution in [-0.4, -0.2) is 32.8 Å². The minimum absolute atomic E-state index is 0.127. The standard InChI is InChI=1S/C14H18F2N2O3/c1-20-12-7-9(15)11(6-10(12)16)18-13(19)14(8-17)2-4-21-5-3-14/h6-7H,2-5,8,17H2,1H3,(H,18,19). The molecule has 0 aliphatic carbocycles. The van der Waals surface area contributed by atoms with Crippen molar-refractivity contribution in [1.82, 2.24) is 0 Å². The molecule has 1 saturated heterocycles. The SMILES string of the molecule is COc1cc(F)c(NC(=O)C2(CN)CCOCC2)cc1F. The van der Waals surface area contributed by atoms with Crippen LogP contribution in [0.25, 0.3) is 0 Å². The second-order valence-electron chi connectivity index (χ2n) is 5.02. The first-order chi connectivity index (χ1) is 10.0. The summed E-state index contributed by atoms with van der Waals surface area (Å²) in [7, 11) is 1.24. The minimum Gasteiger partial charge on any atom is -0.494 e. The van der Waals surface area contributed by atoms with Crippen LogP contribution in [0.2, 0.25) is 0 Å². The number of benzene rings is 1. The Labute approximate surface area is 121 Å². The summed E-state index contributed by atoms with van der Waals surface area (Å²) in [5.74, 6) is -2.15. The van der Waals surface area contributed by atoms with E-state index >= 15 is 0 Å². The highest BCUT2D eigenvalue weighted by Gasteiger charge is 2.39. The Morgan fingerprint density at radius 2 is 2.05 bits per heavy atom. The number of nitrogens with two attached hydrogens (primary N) is 1. The summed E-state index contributed by atoms with van der Waals surface area (Å²) in [5.41, 5.74) is 4.67. The molecule has 0 atom stereocenters. The van der Waals surface area contributed by atoms with Gasteiger partial charge in [-0.15, -0.1) is 0 Å². The lowest BCUT2D eigenvalue weighted by atomic mass is 9.79. The van der Waals surface area contributed by atoms with Crippen molar-refractivity contribution in [3.63, 3.8) is 0 Å². The van der Waals surface area contributed by atoms with Gasteiger partial charge < -0.3 is 20.5 Å². The molecule has 0 aromatic heterocycles. The number of hydrogen-bond acceptors (Lipinski definition) is 4. The highest BCUT2D eigenvalue weighted by molar-refractivity contribution is 5.95. The molecule has 7 heteroatoms. The van der Waals surface area contributed by atoms with Crippen molar-refractivity contribution in [2.75, 3.05) is 32.2 Å². The quantitative estimate of drug-likeness (QED) is 0.887. The summed E-state index contributed by atoms with van der Waals surface area (Å²) < 4.78 is 37.4. The summed E-state index contributed by atoms with van der Waals surface area (Å²) >= 11 is 0. The molecule has 0 radical (unpaired) electrons. The molecule has 1 aromatic carbocycles. The number of nitrogens with one attached hydrogen (secondary N) is 1. The Kier molecular flexibility index (Phi) is 4.74. The Balaban J connectivity index is 2.20. The molecule has 1 amide bonds. The van der Waals surface area contributed by atoms with E-state index in [9.17, 15) is 13.6 Å². The second kappa shape index (κ2) is 6.36. The van der Waals surface area contributed by atoms with Crippen molar-refractivity contribution >= 4 is 11.6 Å². The van der Waals surface area contributed by atoms with Crippen LogP contribution >= 0.6 is 0 Å². The van der Waals surface area contributed by atoms with E-state index in [-0.39, 0.29) is 18.0 Å². The number of rotatable bonds is 4. The maximum Gasteiger partial charge on any atom is 0.232 e. The fourth-order valence-electron chi connectivity index (χ4n) is 2.32. The summed E-state index contributed by atoms with van der Waals surface area (Å²) in [6.07, 6.45) is 0.908. The summed E-state index contributed by atoms with van der Waals surface area (Å²) in [6.45, 7) is 0.969. The zero-order valence-corrected chi connectivity index (χ0v) is 11.7. The molecule has 0 bridgehead atoms. The van der Waals surface area contributed by atoms with E-state index in [4.69, 9.17) is 10.5 Å². The number of hydrogen-bond donors (Lipinski definition) is 2. The first-order valence-electron chi connectivity index (χ1n) is 6.65. The largest absolute Gasteiger partial charge is 0.494 e. The van der Waals surface area contributed by atoms with E-state index < -0.39 is 23.0 Å². The van der Waals surface area contributed by atoms with Crippen LogP contribution in [0.3, 0.4) is 0 Å². The first kappa shape index (κ1) is 15.7. The topological polar surface area (TPSA) is 73.6 Å². The van der Waals surface area contributed by atoms with Crippen LogP contribution < -0.4 is 15.8 Å². The van der Waals surface area contributed by atoms with E-state index in [0.717, 1.165) is 12.1 Å². The predicted octanol–water partition coefficient (Wildman–Crippen LogP) is 1.67. The lowest BCUT2D eigenvalue weighted by Gasteiger charge is -2.34. The van der Waals surface area contributed by atoms with Crippen LogP contribution in [0.5, 0.6) is 5.75 Å². The number of carbonyl (C=O) groups excluding carboxylic acids is 1. The highest BCUT2D eigenvalue weighted by atomic mass is 19.1. The maximum atomic E-state index is 13.9. The van der Waals surface area contributed by atoms with E-state index in [1.807, 2.05) is 0 Å². The first-order valence-corrected chi connectivity index (χ1v) is 6.65. The van der Waals surface area contributed by atoms with Crippen LogP contribution in [0.4, 0.5) is 14.5 Å². The zero-order chi connectivity index (χ0) is 15.5. The third-order valence-electron chi connectivity index (χ3n) is 3.81. The van der Waals surface area contributed by atoms with Crippen LogP contribution in [0.1, 0.15) is 12.8 Å². The number of halogens is 2. The lowest BCUT2D eigenvalue weighted by Crippen LogP contribution is -2.46. The highest BCUT2D eigenvalue weighted by Crippen LogP contribution is 2.32. The molecule has 1 fully saturated rings. The van der Waals surface area contributed by atoms with Gasteiger partial charge in [-0.25, -0.2) is 8.78 Å². The summed E-state index contributed by atoms with van der Waals surface area (Å²) in [6, 6.07) is 1.79. The molecular weight excluding hydrogens is 282 g/mol. The molecule has 0 saturated carbocycles. The Bertz CT molecular complexity index is 531. The minimum atomic E-state index is -0.804. The molecule has 2 rings (SSSR count). The molecule has 1 aliphatic rings. The van der Waals surface area contributed by atoms with E-state index in [0.29, 0.717) is 26.1 Å². The predicted molar refractivity (Wildman–Crippen MR) is 73.1 cm³/mol. The van der Waals surface area contributed by atoms with Gasteiger partial charge in [-0.05, 0) is 12.8 Å². The third-order valence-corrected chi connectivity index (χ3v) is 3.81. The van der Waals surface area contributed by atoms with Crippen molar-refractivity contribution in [2.24, 2.45) is 11.1 Å². The van der Waals surface area contributed by atoms with Crippen molar-refractivity contribution in [2.45, 2.75) is 12.8 Å². The normalized spacial score (nSPS) is 17.3. The monoisotopic (exact) mass is 300 g/mol. The Morgan fingerprint density at radius 3 is 2.62 bits per heavy atom. The number of ether oxygens (including phenoxy) is 2. The maximum absolute atomic E-state index is 13.9. The van der Waals surface area contributed by atoms with Crippen LogP contribution in [-0.2, 0) is 9.53 Å². The fraction of sp³-hybridized carbons (Fsp3) is 0.500. The summed E-state index contributed by atoms with van der Waals surface area (Å²) in [4.78, 5) is 12.4. The van der Waals surface area contributed by atoms with E-state index in [2.05, 4.69) is 10.1 Å². The number of anilines is 1. The van der Waals surface area contributed by atoms with Gasteiger partial charge in [0.05, 0.1) is 18.2 Å². The smallest absolute Gasteiger partial charge is 0.232 e. The van der Waals surface area contributed by atoms with Crippen molar-refractivity contribution in [1.29, 1.82) is 0 Å². The lowest BCUT2D eigenvalue weighted by molar-refractivity contribution is -0.130. The Morgan fingerprint density at radius 1 is 1.38 bits per heavy atom. The molecule has 21 heavy (non-hydrogen) atoms. The molecule has 1 heterocycles. The van der Waals surface area contributed by atoms with Crippen molar-refractivity contribution in [3.05, 3.63) is 23.8 Å². The number of amides is 1. The van der Waals surface area contributed by atoms with E-state index in [1.54, 1.807) is 0 Å². The fourth-order valence-corrected chi connectivity index (χ4v) is 2.32. The van der Waals surface area contributed by atoms with Gasteiger partial charge in [-0.3, -0.25) is 4.79 Å². The van der Waals surface area contributed by atoms with E-state index in [1.165, 1.54) is 7.11 Å². The van der Waals surface area contributed by atoms with Gasteiger partial charge in [0.2, 0.25) is 5.91 Å². The van der Waals surface area contributed by atoms with Gasteiger partial charge in [-0.2, -0.15) is 0 Å². The molecule has 5 nitrogen and oxygen atoms in total. The molecule has 0 unspecified atom stereocenters. The van der Waals surface area contributed by atoms with Gasteiger partial charge in [0.15, 0.2) is 17.4 Å². The Hall–Kier alpha value is -1.73. The molecule has 1 aliphatic heterocycles. The average Bonchev–Trinajstić information content (AvgIpc) is 2.51. The van der Waals surface area contributed by atoms with Gasteiger partial charge >= 0.3 is 0 Å². The number of carbonyl (C=O) groups is 1. The van der Waals surface area contributed by atoms with Crippen molar-refractivity contribution < 1.29 is 23.0 Å². The average molecular weight is 300 g/mol. The second-order valence-corrected chi connectivity index (χ2v) is 5.02. The van der Waals surface area contributed by atoms with Gasteiger partial charge in [0.1, 0.15) is 0 Å². The van der Waals surface area contributed by atoms with Gasteiger partial charge in [-0.1, -0.05) is 0 Å². The van der Waals surface area contributed by atoms with Gasteiger partial charge in [0.25, 0.3) is 0 Å². The van der Waals surface area contributed by atoms with Crippen molar-refractivity contribution in [3.8, 4) is 5.75 Å². The van der Waals surface area contributed by atoms with Gasteiger partial charge in [0, 0.05) is 31.9 Å². The van der Waals surface area contributed by atoms with Crippen LogP contribution in [0.15, 0.2) is 12.1 Å².